The van der Waals surface area contributed by atoms with Gasteiger partial charge in [0.05, 0.1) is 0 Å². The van der Waals surface area contributed by atoms with E-state index in [2.05, 4.69) is 28.9 Å². The molecule has 0 amide bonds. The highest BCUT2D eigenvalue weighted by molar-refractivity contribution is 7.99. The van der Waals surface area contributed by atoms with Gasteiger partial charge in [0.15, 0.2) is 0 Å². The SMILES string of the molecule is CCSCCCN1CCCNC2(CCCCC2)C1. The lowest BCUT2D eigenvalue weighted by atomic mass is 9.81. The molecule has 0 aromatic heterocycles. The molecule has 3 heteroatoms. The summed E-state index contributed by atoms with van der Waals surface area (Å²) in [4.78, 5) is 2.74. The van der Waals surface area contributed by atoms with Crippen molar-refractivity contribution < 1.29 is 0 Å². The number of nitrogens with one attached hydrogen (secondary N) is 1. The van der Waals surface area contributed by atoms with Gasteiger partial charge in [0, 0.05) is 12.1 Å². The highest BCUT2D eigenvalue weighted by atomic mass is 32.2. The molecule has 1 saturated heterocycles. The first kappa shape index (κ1) is 14.7. The number of nitrogens with zero attached hydrogens (tertiary/aromatic N) is 1. The highest BCUT2D eigenvalue weighted by Gasteiger charge is 2.34. The van der Waals surface area contributed by atoms with E-state index in [0.717, 1.165) is 0 Å². The summed E-state index contributed by atoms with van der Waals surface area (Å²) < 4.78 is 0. The molecule has 0 atom stereocenters. The summed E-state index contributed by atoms with van der Waals surface area (Å²) in [6.07, 6.45) is 9.85. The first-order chi connectivity index (χ1) is 8.85. The van der Waals surface area contributed by atoms with Gasteiger partial charge in [-0.3, -0.25) is 0 Å². The van der Waals surface area contributed by atoms with Crippen molar-refractivity contribution in [2.45, 2.75) is 57.4 Å². The predicted molar refractivity (Wildman–Crippen MR) is 82.5 cm³/mol. The number of hydrogen-bond donors (Lipinski definition) is 1. The normalized spacial score (nSPS) is 25.2. The molecule has 0 aromatic carbocycles. The zero-order chi connectivity index (χ0) is 12.7. The molecule has 2 rings (SSSR count). The van der Waals surface area contributed by atoms with Crippen LogP contribution in [0.4, 0.5) is 0 Å². The van der Waals surface area contributed by atoms with Gasteiger partial charge in [-0.2, -0.15) is 11.8 Å². The fraction of sp³-hybridized carbons (Fsp3) is 1.00. The first-order valence-electron chi connectivity index (χ1n) is 7.90. The van der Waals surface area contributed by atoms with E-state index in [1.807, 2.05) is 0 Å². The smallest absolute Gasteiger partial charge is 0.0308 e. The second-order valence-corrected chi connectivity index (χ2v) is 7.34. The minimum atomic E-state index is 0.479. The minimum absolute atomic E-state index is 0.479. The Bertz CT molecular complexity index is 227. The molecule has 2 fully saturated rings. The van der Waals surface area contributed by atoms with Crippen LogP contribution in [0.15, 0.2) is 0 Å². The zero-order valence-corrected chi connectivity index (χ0v) is 12.9. The number of rotatable bonds is 5. The van der Waals surface area contributed by atoms with Crippen molar-refractivity contribution >= 4 is 11.8 Å². The van der Waals surface area contributed by atoms with Crippen LogP contribution in [0.3, 0.4) is 0 Å². The Morgan fingerprint density at radius 2 is 2.00 bits per heavy atom. The molecule has 1 heterocycles. The van der Waals surface area contributed by atoms with Crippen LogP contribution in [0.25, 0.3) is 0 Å². The molecule has 2 aliphatic rings. The van der Waals surface area contributed by atoms with Crippen LogP contribution < -0.4 is 5.32 Å². The molecule has 0 radical (unpaired) electrons. The monoisotopic (exact) mass is 270 g/mol. The summed E-state index contributed by atoms with van der Waals surface area (Å²) in [5, 5.41) is 3.88. The molecule has 1 aliphatic heterocycles. The van der Waals surface area contributed by atoms with Crippen molar-refractivity contribution in [1.82, 2.24) is 10.2 Å². The van der Waals surface area contributed by atoms with Crippen molar-refractivity contribution in [1.29, 1.82) is 0 Å². The molecule has 1 N–H and O–H groups in total. The summed E-state index contributed by atoms with van der Waals surface area (Å²) in [5.41, 5.74) is 0.479. The highest BCUT2D eigenvalue weighted by Crippen LogP contribution is 2.30. The summed E-state index contributed by atoms with van der Waals surface area (Å²) >= 11 is 2.09. The lowest BCUT2D eigenvalue weighted by Gasteiger charge is -2.40. The van der Waals surface area contributed by atoms with Crippen LogP contribution in [0.5, 0.6) is 0 Å². The van der Waals surface area contributed by atoms with E-state index < -0.39 is 0 Å². The van der Waals surface area contributed by atoms with E-state index in [9.17, 15) is 0 Å². The van der Waals surface area contributed by atoms with Crippen LogP contribution in [-0.2, 0) is 0 Å². The van der Waals surface area contributed by atoms with Gasteiger partial charge in [0.2, 0.25) is 0 Å². The molecule has 106 valence electrons. The van der Waals surface area contributed by atoms with E-state index in [4.69, 9.17) is 0 Å². The van der Waals surface area contributed by atoms with Crippen LogP contribution in [-0.4, -0.2) is 48.1 Å². The maximum Gasteiger partial charge on any atom is 0.0308 e. The molecule has 2 nitrogen and oxygen atoms in total. The van der Waals surface area contributed by atoms with Gasteiger partial charge < -0.3 is 10.2 Å². The Labute approximate surface area is 117 Å². The molecule has 1 aliphatic carbocycles. The maximum absolute atomic E-state index is 3.88. The Morgan fingerprint density at radius 3 is 2.78 bits per heavy atom. The average Bonchev–Trinajstić information content (AvgIpc) is 2.59. The number of thioether (sulfide) groups is 1. The third-order valence-corrected chi connectivity index (χ3v) is 5.44. The number of hydrogen-bond acceptors (Lipinski definition) is 3. The molecule has 0 unspecified atom stereocenters. The van der Waals surface area contributed by atoms with Crippen LogP contribution in [0.1, 0.15) is 51.9 Å². The van der Waals surface area contributed by atoms with Gasteiger partial charge >= 0.3 is 0 Å². The van der Waals surface area contributed by atoms with Gasteiger partial charge in [-0.15, -0.1) is 0 Å². The molecular weight excluding hydrogens is 240 g/mol. The van der Waals surface area contributed by atoms with Crippen LogP contribution in [0.2, 0.25) is 0 Å². The first-order valence-corrected chi connectivity index (χ1v) is 9.05. The van der Waals surface area contributed by atoms with Gasteiger partial charge in [-0.1, -0.05) is 26.2 Å². The fourth-order valence-electron chi connectivity index (χ4n) is 3.51. The summed E-state index contributed by atoms with van der Waals surface area (Å²) in [5.74, 6) is 2.61. The lowest BCUT2D eigenvalue weighted by Crippen LogP contribution is -2.52. The third-order valence-electron chi connectivity index (χ3n) is 4.46. The topological polar surface area (TPSA) is 15.3 Å². The summed E-state index contributed by atoms with van der Waals surface area (Å²) in [6, 6.07) is 0. The Balaban J connectivity index is 1.79. The van der Waals surface area contributed by atoms with Gasteiger partial charge in [0.1, 0.15) is 0 Å². The quantitative estimate of drug-likeness (QED) is 0.773. The van der Waals surface area contributed by atoms with Gasteiger partial charge in [0.25, 0.3) is 0 Å². The summed E-state index contributed by atoms with van der Waals surface area (Å²) in [7, 11) is 0. The second kappa shape index (κ2) is 7.76. The van der Waals surface area contributed by atoms with E-state index in [0.29, 0.717) is 5.54 Å². The molecule has 1 saturated carbocycles. The molecule has 1 spiro atoms. The van der Waals surface area contributed by atoms with Crippen molar-refractivity contribution in [3.63, 3.8) is 0 Å². The fourth-order valence-corrected chi connectivity index (χ4v) is 4.13. The van der Waals surface area contributed by atoms with Crippen LogP contribution in [0, 0.1) is 0 Å². The van der Waals surface area contributed by atoms with E-state index in [-0.39, 0.29) is 0 Å². The second-order valence-electron chi connectivity index (χ2n) is 5.95. The van der Waals surface area contributed by atoms with E-state index in [1.165, 1.54) is 82.6 Å². The standard InChI is InChI=1S/C15H30N2S/c1-2-18-13-7-12-17-11-6-10-16-15(14-17)8-4-3-5-9-15/h16H,2-14H2,1H3. The Hall–Kier alpha value is 0.270. The van der Waals surface area contributed by atoms with Gasteiger partial charge in [-0.25, -0.2) is 0 Å². The van der Waals surface area contributed by atoms with E-state index in [1.54, 1.807) is 0 Å². The van der Waals surface area contributed by atoms with Crippen molar-refractivity contribution in [2.75, 3.05) is 37.7 Å². The molecule has 0 bridgehead atoms. The molecular formula is C15H30N2S. The Morgan fingerprint density at radius 1 is 1.17 bits per heavy atom. The van der Waals surface area contributed by atoms with Crippen molar-refractivity contribution in [3.05, 3.63) is 0 Å². The Kier molecular flexibility index (Phi) is 6.33. The average molecular weight is 270 g/mol. The molecule has 18 heavy (non-hydrogen) atoms. The third kappa shape index (κ3) is 4.43. The summed E-state index contributed by atoms with van der Waals surface area (Å²) in [6.45, 7) is 7.43. The van der Waals surface area contributed by atoms with Crippen molar-refractivity contribution in [2.24, 2.45) is 0 Å². The van der Waals surface area contributed by atoms with Gasteiger partial charge in [-0.05, 0) is 56.8 Å². The van der Waals surface area contributed by atoms with Crippen molar-refractivity contribution in [3.8, 4) is 0 Å². The predicted octanol–water partition coefficient (Wildman–Crippen LogP) is 3.13. The van der Waals surface area contributed by atoms with Crippen LogP contribution >= 0.6 is 11.8 Å². The minimum Gasteiger partial charge on any atom is -0.310 e. The largest absolute Gasteiger partial charge is 0.310 e. The molecule has 0 aromatic rings. The maximum atomic E-state index is 3.88. The van der Waals surface area contributed by atoms with E-state index >= 15 is 0 Å². The lowest BCUT2D eigenvalue weighted by molar-refractivity contribution is 0.164. The zero-order valence-electron chi connectivity index (χ0n) is 12.0.